The lowest BCUT2D eigenvalue weighted by atomic mass is 10.0. The van der Waals surface area contributed by atoms with Crippen molar-refractivity contribution in [1.82, 2.24) is 10.2 Å². The topological polar surface area (TPSA) is 69.6 Å². The lowest BCUT2D eigenvalue weighted by Crippen LogP contribution is -2.45. The van der Waals surface area contributed by atoms with Gasteiger partial charge in [0.05, 0.1) is 0 Å². The molecule has 2 amide bonds. The van der Waals surface area contributed by atoms with E-state index in [1.54, 1.807) is 11.8 Å². The SMILES string of the molecule is CSC1CCN(C(=O)NC(CCC(=O)O)Cc2ccccc2)C1. The van der Waals surface area contributed by atoms with E-state index in [2.05, 4.69) is 11.6 Å². The molecule has 2 rings (SSSR count). The molecule has 23 heavy (non-hydrogen) atoms. The molecule has 0 radical (unpaired) electrons. The molecule has 1 aliphatic heterocycles. The third-order valence-electron chi connectivity index (χ3n) is 4.12. The first-order valence-corrected chi connectivity index (χ1v) is 9.21. The molecule has 2 N–H and O–H groups in total. The summed E-state index contributed by atoms with van der Waals surface area (Å²) in [5, 5.41) is 12.4. The smallest absolute Gasteiger partial charge is 0.317 e. The predicted octanol–water partition coefficient (Wildman–Crippen LogP) is 2.61. The second kappa shape index (κ2) is 8.82. The molecule has 6 heteroatoms. The van der Waals surface area contributed by atoms with Crippen LogP contribution in [0.3, 0.4) is 0 Å². The number of urea groups is 1. The van der Waals surface area contributed by atoms with Crippen molar-refractivity contribution in [3.63, 3.8) is 0 Å². The first-order valence-electron chi connectivity index (χ1n) is 7.92. The minimum absolute atomic E-state index is 0.0607. The lowest BCUT2D eigenvalue weighted by Gasteiger charge is -2.23. The second-order valence-corrected chi connectivity index (χ2v) is 7.00. The summed E-state index contributed by atoms with van der Waals surface area (Å²) < 4.78 is 0. The Morgan fingerprint density at radius 2 is 2.13 bits per heavy atom. The molecule has 0 bridgehead atoms. The van der Waals surface area contributed by atoms with Gasteiger partial charge in [-0.15, -0.1) is 0 Å². The Morgan fingerprint density at radius 1 is 1.39 bits per heavy atom. The molecule has 1 heterocycles. The van der Waals surface area contributed by atoms with Gasteiger partial charge in [-0.2, -0.15) is 11.8 Å². The van der Waals surface area contributed by atoms with Crippen LogP contribution in [0.15, 0.2) is 30.3 Å². The van der Waals surface area contributed by atoms with Crippen LogP contribution in [0.5, 0.6) is 0 Å². The van der Waals surface area contributed by atoms with Crippen molar-refractivity contribution in [2.75, 3.05) is 19.3 Å². The maximum absolute atomic E-state index is 12.4. The van der Waals surface area contributed by atoms with Crippen molar-refractivity contribution < 1.29 is 14.7 Å². The van der Waals surface area contributed by atoms with E-state index in [0.717, 1.165) is 25.1 Å². The fourth-order valence-electron chi connectivity index (χ4n) is 2.79. The van der Waals surface area contributed by atoms with Crippen molar-refractivity contribution in [3.8, 4) is 0 Å². The molecule has 2 atom stereocenters. The summed E-state index contributed by atoms with van der Waals surface area (Å²) in [6.45, 7) is 1.54. The number of hydrogen-bond donors (Lipinski definition) is 2. The molecule has 1 aromatic rings. The van der Waals surface area contributed by atoms with Crippen LogP contribution in [0, 0.1) is 0 Å². The zero-order valence-corrected chi connectivity index (χ0v) is 14.2. The Labute approximate surface area is 141 Å². The number of carboxylic acids is 1. The highest BCUT2D eigenvalue weighted by Crippen LogP contribution is 2.20. The van der Waals surface area contributed by atoms with Crippen LogP contribution in [0.25, 0.3) is 0 Å². The van der Waals surface area contributed by atoms with Crippen LogP contribution in [-0.2, 0) is 11.2 Å². The molecule has 0 aromatic heterocycles. The van der Waals surface area contributed by atoms with Crippen molar-refractivity contribution in [2.24, 2.45) is 0 Å². The summed E-state index contributed by atoms with van der Waals surface area (Å²) in [4.78, 5) is 25.1. The average molecular weight is 336 g/mol. The Bertz CT molecular complexity index is 524. The number of likely N-dealkylation sites (tertiary alicyclic amines) is 1. The van der Waals surface area contributed by atoms with Crippen molar-refractivity contribution in [3.05, 3.63) is 35.9 Å². The number of benzene rings is 1. The van der Waals surface area contributed by atoms with Gasteiger partial charge in [-0.3, -0.25) is 4.79 Å². The number of rotatable bonds is 7. The molecule has 1 aromatic carbocycles. The highest BCUT2D eigenvalue weighted by atomic mass is 32.2. The van der Waals surface area contributed by atoms with E-state index in [-0.39, 0.29) is 18.5 Å². The van der Waals surface area contributed by atoms with Crippen LogP contribution in [-0.4, -0.2) is 52.6 Å². The normalized spacial score (nSPS) is 18.7. The van der Waals surface area contributed by atoms with Crippen LogP contribution in [0.1, 0.15) is 24.8 Å². The molecule has 1 fully saturated rings. The Kier molecular flexibility index (Phi) is 6.77. The Balaban J connectivity index is 1.93. The van der Waals surface area contributed by atoms with Gasteiger partial charge in [-0.1, -0.05) is 30.3 Å². The van der Waals surface area contributed by atoms with Gasteiger partial charge in [0.15, 0.2) is 0 Å². The summed E-state index contributed by atoms with van der Waals surface area (Å²) >= 11 is 1.79. The third-order valence-corrected chi connectivity index (χ3v) is 5.18. The molecule has 0 saturated carbocycles. The zero-order chi connectivity index (χ0) is 16.7. The number of nitrogens with zero attached hydrogens (tertiary/aromatic N) is 1. The van der Waals surface area contributed by atoms with Gasteiger partial charge in [0.25, 0.3) is 0 Å². The fourth-order valence-corrected chi connectivity index (χ4v) is 3.46. The van der Waals surface area contributed by atoms with E-state index in [9.17, 15) is 9.59 Å². The van der Waals surface area contributed by atoms with Gasteiger partial charge >= 0.3 is 12.0 Å². The van der Waals surface area contributed by atoms with E-state index in [1.807, 2.05) is 35.2 Å². The number of carboxylic acid groups (broad SMARTS) is 1. The van der Waals surface area contributed by atoms with E-state index >= 15 is 0 Å². The first-order chi connectivity index (χ1) is 11.1. The molecular formula is C17H24N2O3S. The summed E-state index contributed by atoms with van der Waals surface area (Å²) in [6, 6.07) is 9.62. The maximum atomic E-state index is 12.4. The summed E-state index contributed by atoms with van der Waals surface area (Å²) in [5.74, 6) is -0.832. The number of carbonyl (C=O) groups excluding carboxylic acids is 1. The number of carbonyl (C=O) groups is 2. The number of hydrogen-bond acceptors (Lipinski definition) is 3. The van der Waals surface area contributed by atoms with Crippen LogP contribution in [0.4, 0.5) is 4.79 Å². The van der Waals surface area contributed by atoms with Gasteiger partial charge in [0.2, 0.25) is 0 Å². The summed E-state index contributed by atoms with van der Waals surface area (Å²) in [7, 11) is 0. The van der Waals surface area contributed by atoms with E-state index in [0.29, 0.717) is 18.1 Å². The third kappa shape index (κ3) is 5.78. The molecule has 0 spiro atoms. The van der Waals surface area contributed by atoms with E-state index in [4.69, 9.17) is 5.11 Å². The largest absolute Gasteiger partial charge is 0.481 e. The molecule has 0 aliphatic carbocycles. The monoisotopic (exact) mass is 336 g/mol. The highest BCUT2D eigenvalue weighted by molar-refractivity contribution is 7.99. The first kappa shape index (κ1) is 17.7. The summed E-state index contributed by atoms with van der Waals surface area (Å²) in [6.07, 6.45) is 4.24. The number of thioether (sulfide) groups is 1. The molecule has 5 nitrogen and oxygen atoms in total. The van der Waals surface area contributed by atoms with Crippen molar-refractivity contribution >= 4 is 23.8 Å². The standard InChI is InChI=1S/C17H24N2O3S/c1-23-15-9-10-19(12-15)17(22)18-14(7-8-16(20)21)11-13-5-3-2-4-6-13/h2-6,14-15H,7-12H2,1H3,(H,18,22)(H,20,21). The predicted molar refractivity (Wildman–Crippen MR) is 92.8 cm³/mol. The van der Waals surface area contributed by atoms with Crippen LogP contribution < -0.4 is 5.32 Å². The lowest BCUT2D eigenvalue weighted by molar-refractivity contribution is -0.137. The molecular weight excluding hydrogens is 312 g/mol. The number of aliphatic carboxylic acids is 1. The van der Waals surface area contributed by atoms with E-state index in [1.165, 1.54) is 0 Å². The Hall–Kier alpha value is -1.69. The van der Waals surface area contributed by atoms with Gasteiger partial charge in [-0.05, 0) is 31.1 Å². The quantitative estimate of drug-likeness (QED) is 0.803. The maximum Gasteiger partial charge on any atom is 0.317 e. The number of amides is 2. The molecule has 1 aliphatic rings. The molecule has 1 saturated heterocycles. The molecule has 2 unspecified atom stereocenters. The van der Waals surface area contributed by atoms with Crippen molar-refractivity contribution in [1.29, 1.82) is 0 Å². The van der Waals surface area contributed by atoms with E-state index < -0.39 is 5.97 Å². The fraction of sp³-hybridized carbons (Fsp3) is 0.529. The zero-order valence-electron chi connectivity index (χ0n) is 13.4. The van der Waals surface area contributed by atoms with Crippen molar-refractivity contribution in [2.45, 2.75) is 37.0 Å². The van der Waals surface area contributed by atoms with Crippen LogP contribution in [0.2, 0.25) is 0 Å². The molecule has 126 valence electrons. The minimum atomic E-state index is -0.832. The summed E-state index contributed by atoms with van der Waals surface area (Å²) in [5.41, 5.74) is 1.10. The highest BCUT2D eigenvalue weighted by Gasteiger charge is 2.27. The second-order valence-electron chi connectivity index (χ2n) is 5.86. The minimum Gasteiger partial charge on any atom is -0.481 e. The van der Waals surface area contributed by atoms with Crippen LogP contribution >= 0.6 is 11.8 Å². The van der Waals surface area contributed by atoms with Gasteiger partial charge in [-0.25, -0.2) is 4.79 Å². The Morgan fingerprint density at radius 3 is 2.74 bits per heavy atom. The van der Waals surface area contributed by atoms with Gasteiger partial charge < -0.3 is 15.3 Å². The number of nitrogens with one attached hydrogen (secondary N) is 1. The van der Waals surface area contributed by atoms with Gasteiger partial charge in [0.1, 0.15) is 0 Å². The van der Waals surface area contributed by atoms with Gasteiger partial charge in [0, 0.05) is 30.8 Å². The average Bonchev–Trinajstić information content (AvgIpc) is 3.02.